The molecular formula is C28H19ClN6O. The van der Waals surface area contributed by atoms with Gasteiger partial charge in [0.1, 0.15) is 6.33 Å². The summed E-state index contributed by atoms with van der Waals surface area (Å²) in [6.07, 6.45) is 1.63. The van der Waals surface area contributed by atoms with Gasteiger partial charge in [0.2, 0.25) is 11.8 Å². The van der Waals surface area contributed by atoms with Gasteiger partial charge in [-0.1, -0.05) is 72.3 Å². The molecule has 1 aliphatic rings. The largest absolute Gasteiger partial charge is 0.420 e. The molecule has 6 aromatic rings. The Balaban J connectivity index is 1.50. The molecule has 0 aliphatic carbocycles. The van der Waals surface area contributed by atoms with E-state index in [0.29, 0.717) is 28.3 Å². The van der Waals surface area contributed by atoms with Gasteiger partial charge in [-0.2, -0.15) is 5.10 Å². The van der Waals surface area contributed by atoms with Crippen molar-refractivity contribution in [2.75, 3.05) is 0 Å². The highest BCUT2D eigenvalue weighted by atomic mass is 35.5. The van der Waals surface area contributed by atoms with Gasteiger partial charge < -0.3 is 4.74 Å². The van der Waals surface area contributed by atoms with E-state index in [1.165, 1.54) is 0 Å². The molecule has 0 saturated carbocycles. The first-order valence-corrected chi connectivity index (χ1v) is 11.9. The summed E-state index contributed by atoms with van der Waals surface area (Å²) in [5.41, 5.74) is 6.14. The van der Waals surface area contributed by atoms with Crippen molar-refractivity contribution in [3.05, 3.63) is 119 Å². The first-order valence-electron chi connectivity index (χ1n) is 11.6. The van der Waals surface area contributed by atoms with Crippen LogP contribution >= 0.6 is 11.6 Å². The average Bonchev–Trinajstić information content (AvgIpc) is 3.50. The molecule has 0 bridgehead atoms. The lowest BCUT2D eigenvalue weighted by Gasteiger charge is -2.26. The number of nitrogens with zero attached hydrogens (tertiary/aromatic N) is 6. The zero-order valence-corrected chi connectivity index (χ0v) is 20.0. The number of hydrogen-bond acceptors (Lipinski definition) is 5. The van der Waals surface area contributed by atoms with Gasteiger partial charge in [0.25, 0.3) is 0 Å². The number of aromatic nitrogens is 6. The zero-order chi connectivity index (χ0) is 24.2. The van der Waals surface area contributed by atoms with Gasteiger partial charge in [-0.3, -0.25) is 0 Å². The predicted octanol–water partition coefficient (Wildman–Crippen LogP) is 6.22. The lowest BCUT2D eigenvalue weighted by molar-refractivity contribution is 0.402. The van der Waals surface area contributed by atoms with Gasteiger partial charge in [-0.25, -0.2) is 19.2 Å². The van der Waals surface area contributed by atoms with Gasteiger partial charge in [0.05, 0.1) is 33.4 Å². The first kappa shape index (κ1) is 20.8. The quantitative estimate of drug-likeness (QED) is 0.294. The van der Waals surface area contributed by atoms with Crippen molar-refractivity contribution in [3.8, 4) is 28.8 Å². The third kappa shape index (κ3) is 3.13. The lowest BCUT2D eigenvalue weighted by atomic mass is 9.84. The Bertz CT molecular complexity index is 1740. The minimum Gasteiger partial charge on any atom is -0.420 e. The average molecular weight is 491 g/mol. The number of halogens is 1. The Kier molecular flexibility index (Phi) is 4.65. The highest BCUT2D eigenvalue weighted by Gasteiger charge is 2.38. The first-order chi connectivity index (χ1) is 17.7. The summed E-state index contributed by atoms with van der Waals surface area (Å²) in [5, 5.41) is 10.2. The molecule has 0 saturated heterocycles. The van der Waals surface area contributed by atoms with Gasteiger partial charge in [0, 0.05) is 5.56 Å². The maximum Gasteiger partial charge on any atom is 0.230 e. The van der Waals surface area contributed by atoms with Crippen LogP contribution in [-0.4, -0.2) is 29.4 Å². The Morgan fingerprint density at radius 1 is 0.833 bits per heavy atom. The molecule has 0 unspecified atom stereocenters. The Morgan fingerprint density at radius 3 is 2.33 bits per heavy atom. The van der Waals surface area contributed by atoms with E-state index in [4.69, 9.17) is 31.5 Å². The number of ether oxygens (including phenoxy) is 1. The molecule has 174 valence electrons. The molecule has 7 nitrogen and oxygen atoms in total. The van der Waals surface area contributed by atoms with Crippen LogP contribution in [0.5, 0.6) is 11.8 Å². The van der Waals surface area contributed by atoms with Crippen LogP contribution in [0.4, 0.5) is 0 Å². The van der Waals surface area contributed by atoms with Crippen LogP contribution in [0.15, 0.2) is 91.3 Å². The molecule has 0 amide bonds. The fraction of sp³-hybridized carbons (Fsp3) is 0.0714. The number of aryl methyl sites for hydroxylation is 1. The van der Waals surface area contributed by atoms with E-state index in [0.717, 1.165) is 33.6 Å². The molecule has 36 heavy (non-hydrogen) atoms. The SMILES string of the molecule is Cc1nn(-c2ccccc2)c2c1[C@@H](c1ccccc1)c1c(ncn3nc(-c4ccccc4Cl)nc13)O2. The summed E-state index contributed by atoms with van der Waals surface area (Å²) >= 11 is 6.46. The van der Waals surface area contributed by atoms with Crippen molar-refractivity contribution in [1.29, 1.82) is 0 Å². The van der Waals surface area contributed by atoms with Crippen LogP contribution in [0.3, 0.4) is 0 Å². The van der Waals surface area contributed by atoms with Gasteiger partial charge in [-0.15, -0.1) is 5.10 Å². The van der Waals surface area contributed by atoms with E-state index in [-0.39, 0.29) is 5.92 Å². The topological polar surface area (TPSA) is 70.1 Å². The van der Waals surface area contributed by atoms with Gasteiger partial charge in [-0.05, 0) is 36.8 Å². The summed E-state index contributed by atoms with van der Waals surface area (Å²) in [6, 6.07) is 27.8. The van der Waals surface area contributed by atoms with Crippen LogP contribution in [0.1, 0.15) is 28.3 Å². The van der Waals surface area contributed by atoms with E-state index < -0.39 is 0 Å². The van der Waals surface area contributed by atoms with Crippen molar-refractivity contribution >= 4 is 17.2 Å². The predicted molar refractivity (Wildman–Crippen MR) is 137 cm³/mol. The molecule has 0 spiro atoms. The summed E-state index contributed by atoms with van der Waals surface area (Å²) in [4.78, 5) is 9.58. The number of hydrogen-bond donors (Lipinski definition) is 0. The van der Waals surface area contributed by atoms with Crippen LogP contribution < -0.4 is 4.74 Å². The van der Waals surface area contributed by atoms with E-state index in [1.54, 1.807) is 10.8 Å². The Hall–Kier alpha value is -4.49. The second-order valence-corrected chi connectivity index (χ2v) is 9.05. The van der Waals surface area contributed by atoms with Gasteiger partial charge in [0.15, 0.2) is 11.5 Å². The second-order valence-electron chi connectivity index (χ2n) is 8.64. The number of rotatable bonds is 3. The molecule has 0 fully saturated rings. The van der Waals surface area contributed by atoms with E-state index in [2.05, 4.69) is 17.1 Å². The number of para-hydroxylation sites is 1. The van der Waals surface area contributed by atoms with Crippen LogP contribution in [0.25, 0.3) is 22.7 Å². The molecule has 0 radical (unpaired) electrons. The summed E-state index contributed by atoms with van der Waals surface area (Å²) in [7, 11) is 0. The van der Waals surface area contributed by atoms with Crippen LogP contribution in [0.2, 0.25) is 5.02 Å². The van der Waals surface area contributed by atoms with Crippen molar-refractivity contribution in [1.82, 2.24) is 29.4 Å². The van der Waals surface area contributed by atoms with Crippen LogP contribution in [-0.2, 0) is 0 Å². The summed E-state index contributed by atoms with van der Waals surface area (Å²) < 4.78 is 10.00. The van der Waals surface area contributed by atoms with Crippen LogP contribution in [0, 0.1) is 6.92 Å². The van der Waals surface area contributed by atoms with E-state index in [1.807, 2.05) is 84.4 Å². The standard InChI is InChI=1S/C28H19ClN6O/c1-17-22-23(18-10-4-2-5-11-18)24-26-31-25(20-14-8-9-15-21(20)29)33-34(26)16-30-27(24)36-28(22)35(32-17)19-12-6-3-7-13-19/h2-16,23H,1H3/t23-/m1/s1. The van der Waals surface area contributed by atoms with Gasteiger partial charge >= 0.3 is 0 Å². The second kappa shape index (κ2) is 8.03. The minimum absolute atomic E-state index is 0.193. The molecule has 0 N–H and O–H groups in total. The molecule has 1 atom stereocenters. The van der Waals surface area contributed by atoms with E-state index in [9.17, 15) is 0 Å². The smallest absolute Gasteiger partial charge is 0.230 e. The molecule has 1 aliphatic heterocycles. The number of benzene rings is 3. The highest BCUT2D eigenvalue weighted by molar-refractivity contribution is 6.33. The number of fused-ring (bicyclic) bond motifs is 4. The maximum absolute atomic E-state index is 6.46. The molecule has 3 aromatic heterocycles. The fourth-order valence-electron chi connectivity index (χ4n) is 4.86. The lowest BCUT2D eigenvalue weighted by Crippen LogP contribution is -2.16. The Morgan fingerprint density at radius 2 is 1.56 bits per heavy atom. The molecule has 8 heteroatoms. The van der Waals surface area contributed by atoms with E-state index >= 15 is 0 Å². The molecule has 7 rings (SSSR count). The molecular weight excluding hydrogens is 472 g/mol. The van der Waals surface area contributed by atoms with Crippen molar-refractivity contribution < 1.29 is 4.74 Å². The summed E-state index contributed by atoms with van der Waals surface area (Å²) in [5.74, 6) is 1.48. The third-order valence-electron chi connectivity index (χ3n) is 6.47. The van der Waals surface area contributed by atoms with Crippen molar-refractivity contribution in [3.63, 3.8) is 0 Å². The van der Waals surface area contributed by atoms with Crippen molar-refractivity contribution in [2.45, 2.75) is 12.8 Å². The Labute approximate surface area is 211 Å². The highest BCUT2D eigenvalue weighted by Crippen LogP contribution is 2.49. The minimum atomic E-state index is -0.193. The monoisotopic (exact) mass is 490 g/mol. The fourth-order valence-corrected chi connectivity index (χ4v) is 5.08. The molecule has 3 aromatic carbocycles. The summed E-state index contributed by atoms with van der Waals surface area (Å²) in [6.45, 7) is 2.01. The maximum atomic E-state index is 6.46. The van der Waals surface area contributed by atoms with Crippen molar-refractivity contribution in [2.24, 2.45) is 0 Å². The third-order valence-corrected chi connectivity index (χ3v) is 6.80. The normalized spacial score (nSPS) is 14.3. The molecule has 4 heterocycles. The zero-order valence-electron chi connectivity index (χ0n) is 19.2.